The molecule has 0 unspecified atom stereocenters. The van der Waals surface area contributed by atoms with Gasteiger partial charge in [-0.2, -0.15) is 0 Å². The summed E-state index contributed by atoms with van der Waals surface area (Å²) in [7, 11) is 2.09. The van der Waals surface area contributed by atoms with Gasteiger partial charge < -0.3 is 60.1 Å². The Kier molecular flexibility index (Phi) is 35.4. The van der Waals surface area contributed by atoms with E-state index < -0.39 is 24.1 Å². The summed E-state index contributed by atoms with van der Waals surface area (Å²) >= 11 is 1.79. The second-order valence-electron chi connectivity index (χ2n) is 39.1. The average molecular weight is 1670 g/mol. The number of rotatable bonds is 24. The predicted molar refractivity (Wildman–Crippen MR) is 478 cm³/mol. The molecular formula is C96H142N12O11S. The van der Waals surface area contributed by atoms with E-state index in [4.69, 9.17) is 4.74 Å². The molecule has 0 bridgehead atoms. The van der Waals surface area contributed by atoms with E-state index in [-0.39, 0.29) is 119 Å². The van der Waals surface area contributed by atoms with Crippen LogP contribution in [0.3, 0.4) is 0 Å². The summed E-state index contributed by atoms with van der Waals surface area (Å²) in [6, 6.07) is 35.4. The van der Waals surface area contributed by atoms with Crippen LogP contribution < -0.4 is 16.0 Å². The zero-order valence-electron chi connectivity index (χ0n) is 75.6. The van der Waals surface area contributed by atoms with E-state index in [1.807, 2.05) is 83.7 Å². The van der Waals surface area contributed by atoms with E-state index in [1.165, 1.54) is 37.4 Å². The first-order valence-corrected chi connectivity index (χ1v) is 44.1. The Morgan fingerprint density at radius 3 is 1.24 bits per heavy atom. The van der Waals surface area contributed by atoms with E-state index in [9.17, 15) is 48.3 Å². The van der Waals surface area contributed by atoms with Gasteiger partial charge in [0.15, 0.2) is 0 Å². The third-order valence-electron chi connectivity index (χ3n) is 22.7. The molecule has 4 N–H and O–H groups in total. The summed E-state index contributed by atoms with van der Waals surface area (Å²) in [6.07, 6.45) is 4.82. The molecule has 0 saturated carbocycles. The Morgan fingerprint density at radius 1 is 0.492 bits per heavy atom. The molecule has 4 aromatic carbocycles. The Morgan fingerprint density at radius 2 is 0.875 bits per heavy atom. The van der Waals surface area contributed by atoms with Gasteiger partial charge in [-0.25, -0.2) is 9.59 Å². The van der Waals surface area contributed by atoms with Crippen LogP contribution in [-0.4, -0.2) is 243 Å². The fourth-order valence-electron chi connectivity index (χ4n) is 16.7. The Hall–Kier alpha value is -8.65. The van der Waals surface area contributed by atoms with Crippen molar-refractivity contribution in [1.29, 1.82) is 0 Å². The number of hydrogen-bond donors (Lipinski definition) is 4. The summed E-state index contributed by atoms with van der Waals surface area (Å²) in [5.41, 5.74) is 8.66. The number of Topliss-reactive ketones (excluding diaryl/α,β-unsaturated/α-hetero) is 1. The molecule has 120 heavy (non-hydrogen) atoms. The van der Waals surface area contributed by atoms with E-state index in [1.54, 1.807) is 23.2 Å². The van der Waals surface area contributed by atoms with Gasteiger partial charge in [0.1, 0.15) is 18.4 Å². The van der Waals surface area contributed by atoms with Crippen LogP contribution in [0.4, 0.5) is 4.79 Å². The van der Waals surface area contributed by atoms with Gasteiger partial charge in [-0.15, -0.1) is 11.3 Å². The molecular weight excluding hydrogens is 1530 g/mol. The van der Waals surface area contributed by atoms with Crippen molar-refractivity contribution < 1.29 is 53.0 Å². The number of hydrogen-bond acceptors (Lipinski definition) is 16. The van der Waals surface area contributed by atoms with E-state index in [2.05, 4.69) is 207 Å². The highest BCUT2D eigenvalue weighted by atomic mass is 32.1. The second-order valence-corrected chi connectivity index (χ2v) is 40.5. The van der Waals surface area contributed by atoms with E-state index in [0.717, 1.165) is 93.3 Å². The molecule has 658 valence electrons. The van der Waals surface area contributed by atoms with Gasteiger partial charge in [-0.05, 0) is 124 Å². The summed E-state index contributed by atoms with van der Waals surface area (Å²) < 4.78 is 5.06. The largest absolute Gasteiger partial charge is 0.480 e. The van der Waals surface area contributed by atoms with Gasteiger partial charge in [-0.1, -0.05) is 215 Å². The standard InChI is InChI=1S/C29H42N4O2S.C24H38N4O2.C23H32N2O5.C20H30N2O2/c1-21-7-6-8-23(15-21)18-33(27(34)17-29(3,4)5)24-16-26(28(35)31-13-11-30-12-14-31)32(19-24)20-25-10-9-22(2)36-25;1-18-7-6-8-19(13-18)17-28(22(29)15-24(2,3)4)20-14-21(25-16-20)23(30)27-11-9-26(5)10-12-27;1-6-10-30-22(29)25-15-18(12-19(25)21(27)28)24(20(26)13-23(3,4)5)14-17-9-7-8-16(2)11-17;1-14-7-6-8-16(9-14)13-22(19(24)11-20(3,4)5)17-10-18(15(2)23)21-12-17/h6-10,15,24,26,30H,11-14,16-20H2,1-5H3;6-8,13,20-21,25H,9-12,14-17H2,1-5H3;6-9,11,18-19H,1,10,12-15H2,2-5H3,(H,27,28);6-9,17-18,21H,10-13H2,1-5H3/t24-,26-;20-,21-;18-,19-;17-,18-/m0000/s1. The number of nitrogens with zero attached hydrogens (tertiary/aromatic N) is 9. The number of benzene rings is 4. The summed E-state index contributed by atoms with van der Waals surface area (Å²) in [6.45, 7) is 52.0. The molecule has 7 amide bonds. The molecule has 23 nitrogen and oxygen atoms in total. The number of aliphatic carboxylic acids is 1. The third-order valence-corrected chi connectivity index (χ3v) is 23.7. The fraction of sp³-hybridized carbons (Fsp3) is 0.594. The van der Waals surface area contributed by atoms with Crippen LogP contribution in [0.5, 0.6) is 0 Å². The number of aryl methyl sites for hydroxylation is 5. The molecule has 6 saturated heterocycles. The van der Waals surface area contributed by atoms with Crippen molar-refractivity contribution in [2.24, 2.45) is 21.7 Å². The minimum Gasteiger partial charge on any atom is -0.480 e. The first-order valence-electron chi connectivity index (χ1n) is 43.3. The number of carboxylic acid groups (broad SMARTS) is 1. The lowest BCUT2D eigenvalue weighted by molar-refractivity contribution is -0.142. The highest BCUT2D eigenvalue weighted by molar-refractivity contribution is 7.11. The lowest BCUT2D eigenvalue weighted by Gasteiger charge is -2.34. The van der Waals surface area contributed by atoms with Gasteiger partial charge in [-0.3, -0.25) is 43.4 Å². The minimum absolute atomic E-state index is 0.00228. The highest BCUT2D eigenvalue weighted by Crippen LogP contribution is 2.35. The van der Waals surface area contributed by atoms with Crippen molar-refractivity contribution in [3.8, 4) is 0 Å². The Labute approximate surface area is 720 Å². The summed E-state index contributed by atoms with van der Waals surface area (Å²) in [4.78, 5) is 136. The van der Waals surface area contributed by atoms with Crippen LogP contribution >= 0.6 is 11.3 Å². The van der Waals surface area contributed by atoms with Crippen LogP contribution in [0, 0.1) is 56.3 Å². The molecule has 1 aromatic heterocycles. The zero-order chi connectivity index (χ0) is 88.1. The Balaban J connectivity index is 0.000000201. The first-order chi connectivity index (χ1) is 56.4. The van der Waals surface area contributed by atoms with Crippen molar-refractivity contribution in [2.75, 3.05) is 92.2 Å². The van der Waals surface area contributed by atoms with Crippen LogP contribution in [0.25, 0.3) is 0 Å². The number of likely N-dealkylation sites (N-methyl/N-ethyl adjacent to an activating group) is 1. The molecule has 7 heterocycles. The molecule has 0 spiro atoms. The van der Waals surface area contributed by atoms with Crippen molar-refractivity contribution in [1.82, 2.24) is 60.0 Å². The lowest BCUT2D eigenvalue weighted by Crippen LogP contribution is -2.52. The van der Waals surface area contributed by atoms with Crippen molar-refractivity contribution in [2.45, 2.75) is 257 Å². The predicted octanol–water partition coefficient (Wildman–Crippen LogP) is 13.2. The number of carbonyl (C=O) groups excluding carboxylic acids is 8. The van der Waals surface area contributed by atoms with Crippen LogP contribution in [0.2, 0.25) is 0 Å². The highest BCUT2D eigenvalue weighted by Gasteiger charge is 2.47. The van der Waals surface area contributed by atoms with Crippen molar-refractivity contribution in [3.05, 3.63) is 176 Å². The van der Waals surface area contributed by atoms with Gasteiger partial charge in [0.2, 0.25) is 35.4 Å². The maximum atomic E-state index is 13.7. The van der Waals surface area contributed by atoms with Gasteiger partial charge in [0.25, 0.3) is 0 Å². The number of ketones is 1. The first kappa shape index (κ1) is 96.8. The number of ether oxygens (including phenoxy) is 1. The normalized spacial score (nSPS) is 20.9. The summed E-state index contributed by atoms with van der Waals surface area (Å²) in [5.74, 6) is -0.0994. The number of nitrogens with one attached hydrogen (secondary N) is 3. The number of amides is 7. The van der Waals surface area contributed by atoms with Crippen molar-refractivity contribution in [3.63, 3.8) is 0 Å². The molecule has 24 heteroatoms. The van der Waals surface area contributed by atoms with Gasteiger partial charge in [0, 0.05) is 171 Å². The maximum absolute atomic E-state index is 13.7. The molecule has 0 aliphatic carbocycles. The molecule has 11 rings (SSSR count). The topological polar surface area (TPSA) is 248 Å². The van der Waals surface area contributed by atoms with E-state index >= 15 is 0 Å². The van der Waals surface area contributed by atoms with Crippen LogP contribution in [0.15, 0.2) is 122 Å². The van der Waals surface area contributed by atoms with Gasteiger partial charge in [0.05, 0.1) is 24.2 Å². The lowest BCUT2D eigenvalue weighted by atomic mass is 9.91. The monoisotopic (exact) mass is 1670 g/mol. The van der Waals surface area contributed by atoms with Crippen molar-refractivity contribution >= 4 is 64.6 Å². The number of carbonyl (C=O) groups is 9. The zero-order valence-corrected chi connectivity index (χ0v) is 76.5. The number of likely N-dealkylation sites (tertiary alicyclic amines) is 2. The van der Waals surface area contributed by atoms with Gasteiger partial charge >= 0.3 is 12.1 Å². The number of thiophene rings is 1. The quantitative estimate of drug-likeness (QED) is 0.0419. The molecule has 5 aromatic rings. The molecule has 6 fully saturated rings. The molecule has 6 aliphatic heterocycles. The molecule has 6 aliphatic rings. The Bertz CT molecular complexity index is 4270. The smallest absolute Gasteiger partial charge is 0.410 e. The molecule has 8 atom stereocenters. The third kappa shape index (κ3) is 30.7. The number of carboxylic acids is 1. The average Bonchev–Trinajstić information content (AvgIpc) is 1.65. The SMILES string of the molecule is C=CCOC(=O)N1C[C@@H](N(Cc2cccc(C)c2)C(=O)CC(C)(C)C)C[C@H]1C(=O)O.CC(=O)[C@@H]1C[C@H](N(Cc2cccc(C)c2)C(=O)CC(C)(C)C)CN1.Cc1cccc(CN(C(=O)CC(C)(C)C)[C@@H]2CN[C@H](C(=O)N3CCN(C)CC3)C2)c1.Cc1cccc(CN(C(=O)CC(C)(C)C)[C@H]2C[C@@H](C(=O)N3CCNCC3)N(Cc3ccc(C)s3)C2)c1. The maximum Gasteiger partial charge on any atom is 0.410 e. The summed E-state index contributed by atoms with van der Waals surface area (Å²) in [5, 5.41) is 19.7. The fourth-order valence-corrected chi connectivity index (χ4v) is 17.6. The van der Waals surface area contributed by atoms with E-state index in [0.29, 0.717) is 84.2 Å². The molecule has 0 radical (unpaired) electrons. The number of piperazine rings is 2. The van der Waals surface area contributed by atoms with Crippen LogP contribution in [0.1, 0.15) is 196 Å². The second kappa shape index (κ2) is 43.9. The van der Waals surface area contributed by atoms with Crippen LogP contribution in [-0.2, 0) is 75.8 Å². The minimum atomic E-state index is -1.10.